The number of anilines is 1. The molecule has 2 amide bonds. The lowest BCUT2D eigenvalue weighted by molar-refractivity contribution is -0.146. The fourth-order valence-electron chi connectivity index (χ4n) is 2.22. The van der Waals surface area contributed by atoms with Crippen LogP contribution < -0.4 is 10.6 Å². The molecule has 2 rings (SSSR count). The number of benzene rings is 1. The summed E-state index contributed by atoms with van der Waals surface area (Å²) in [5.41, 5.74) is 0.0452. The highest BCUT2D eigenvalue weighted by Gasteiger charge is 2.30. The summed E-state index contributed by atoms with van der Waals surface area (Å²) >= 11 is 0. The summed E-state index contributed by atoms with van der Waals surface area (Å²) in [5.74, 6) is -1.41. The number of carbonyl (C=O) groups is 3. The van der Waals surface area contributed by atoms with Gasteiger partial charge in [-0.15, -0.1) is 0 Å². The predicted molar refractivity (Wildman–Crippen MR) is 105 cm³/mol. The van der Waals surface area contributed by atoms with E-state index >= 15 is 0 Å². The Morgan fingerprint density at radius 2 is 1.68 bits per heavy atom. The highest BCUT2D eigenvalue weighted by Crippen LogP contribution is 2.18. The van der Waals surface area contributed by atoms with Crippen molar-refractivity contribution in [1.82, 2.24) is 15.1 Å². The summed E-state index contributed by atoms with van der Waals surface area (Å²) in [4.78, 5) is 35.6. The van der Waals surface area contributed by atoms with Crippen molar-refractivity contribution in [1.29, 1.82) is 0 Å². The summed E-state index contributed by atoms with van der Waals surface area (Å²) in [6, 6.07) is 6.88. The maximum Gasteiger partial charge on any atom is 0.331 e. The largest absolute Gasteiger partial charge is 0.479 e. The molecule has 1 aromatic carbocycles. The van der Waals surface area contributed by atoms with Gasteiger partial charge >= 0.3 is 5.97 Å². The van der Waals surface area contributed by atoms with Gasteiger partial charge in [-0.1, -0.05) is 32.9 Å². The van der Waals surface area contributed by atoms with Crippen LogP contribution in [0.1, 0.15) is 50.5 Å². The number of carboxylic acids is 1. The molecular weight excluding hydrogens is 360 g/mol. The highest BCUT2D eigenvalue weighted by atomic mass is 16.4. The molecule has 1 heterocycles. The standard InChI is InChI=1S/C20H26N4O4/c1-19(2,3)17(26)21-10-13-6-8-14(9-7-13)16(25)23-15-11-22-24(12-15)20(4,5)18(27)28/h6-9,11-12H,10H2,1-5H3,(H,21,26)(H,23,25)(H,27,28). The minimum Gasteiger partial charge on any atom is -0.479 e. The van der Waals surface area contributed by atoms with Gasteiger partial charge in [0.2, 0.25) is 5.91 Å². The SMILES string of the molecule is CC(C)(C)C(=O)NCc1ccc(C(=O)Nc2cnn(C(C)(C)C(=O)O)c2)cc1. The van der Waals surface area contributed by atoms with Gasteiger partial charge < -0.3 is 15.7 Å². The van der Waals surface area contributed by atoms with Crippen LogP contribution in [0.15, 0.2) is 36.7 Å². The molecule has 3 N–H and O–H groups in total. The first-order chi connectivity index (χ1) is 12.9. The highest BCUT2D eigenvalue weighted by molar-refractivity contribution is 6.04. The monoisotopic (exact) mass is 386 g/mol. The van der Waals surface area contributed by atoms with Crippen LogP contribution in [-0.4, -0.2) is 32.7 Å². The van der Waals surface area contributed by atoms with Crippen LogP contribution in [-0.2, 0) is 21.7 Å². The van der Waals surface area contributed by atoms with E-state index in [1.807, 2.05) is 20.8 Å². The number of carboxylic acid groups (broad SMARTS) is 1. The van der Waals surface area contributed by atoms with Crippen LogP contribution in [0.4, 0.5) is 5.69 Å². The zero-order chi connectivity index (χ0) is 21.1. The number of rotatable bonds is 6. The summed E-state index contributed by atoms with van der Waals surface area (Å²) in [6.45, 7) is 8.95. The second kappa shape index (κ2) is 7.84. The van der Waals surface area contributed by atoms with Gasteiger partial charge in [0.15, 0.2) is 5.54 Å². The summed E-state index contributed by atoms with van der Waals surface area (Å²) < 4.78 is 1.28. The third-order valence-electron chi connectivity index (χ3n) is 4.29. The molecule has 0 bridgehead atoms. The molecule has 0 spiro atoms. The molecule has 28 heavy (non-hydrogen) atoms. The molecule has 0 aliphatic heterocycles. The molecular formula is C20H26N4O4. The fraction of sp³-hybridized carbons (Fsp3) is 0.400. The molecule has 2 aromatic rings. The zero-order valence-corrected chi connectivity index (χ0v) is 16.7. The van der Waals surface area contributed by atoms with Crippen molar-refractivity contribution >= 4 is 23.5 Å². The third kappa shape index (κ3) is 4.97. The molecule has 0 radical (unpaired) electrons. The van der Waals surface area contributed by atoms with E-state index in [1.165, 1.54) is 30.9 Å². The summed E-state index contributed by atoms with van der Waals surface area (Å²) in [5, 5.41) is 18.8. The molecule has 0 aliphatic carbocycles. The topological polar surface area (TPSA) is 113 Å². The van der Waals surface area contributed by atoms with Crippen molar-refractivity contribution in [2.24, 2.45) is 5.41 Å². The Hall–Kier alpha value is -3.16. The van der Waals surface area contributed by atoms with Crippen molar-refractivity contribution in [3.63, 3.8) is 0 Å². The van der Waals surface area contributed by atoms with Crippen LogP contribution in [0.3, 0.4) is 0 Å². The lowest BCUT2D eigenvalue weighted by atomic mass is 9.95. The van der Waals surface area contributed by atoms with Gasteiger partial charge in [0, 0.05) is 23.7 Å². The van der Waals surface area contributed by atoms with Crippen LogP contribution in [0, 0.1) is 5.41 Å². The second-order valence-corrected chi connectivity index (χ2v) is 8.12. The Kier molecular flexibility index (Phi) is 5.92. The Morgan fingerprint density at radius 1 is 1.07 bits per heavy atom. The number of carbonyl (C=O) groups excluding carboxylic acids is 2. The van der Waals surface area contributed by atoms with Crippen LogP contribution in [0.5, 0.6) is 0 Å². The molecule has 0 fully saturated rings. The first-order valence-electron chi connectivity index (χ1n) is 8.88. The number of nitrogens with one attached hydrogen (secondary N) is 2. The van der Waals surface area contributed by atoms with Gasteiger partial charge in [0.1, 0.15) is 0 Å². The number of hydrogen-bond acceptors (Lipinski definition) is 4. The van der Waals surface area contributed by atoms with Crippen molar-refractivity contribution in [3.05, 3.63) is 47.8 Å². The van der Waals surface area contributed by atoms with Crippen molar-refractivity contribution in [2.45, 2.75) is 46.7 Å². The lowest BCUT2D eigenvalue weighted by Gasteiger charge is -2.19. The van der Waals surface area contributed by atoms with E-state index in [0.717, 1.165) is 5.56 Å². The quantitative estimate of drug-likeness (QED) is 0.706. The summed E-state index contributed by atoms with van der Waals surface area (Å²) in [7, 11) is 0. The van der Waals surface area contributed by atoms with Crippen molar-refractivity contribution < 1.29 is 19.5 Å². The molecule has 8 nitrogen and oxygen atoms in total. The Balaban J connectivity index is 1.99. The molecule has 0 atom stereocenters. The van der Waals surface area contributed by atoms with Gasteiger partial charge in [0.05, 0.1) is 11.9 Å². The van der Waals surface area contributed by atoms with E-state index in [4.69, 9.17) is 0 Å². The van der Waals surface area contributed by atoms with Gasteiger partial charge in [-0.3, -0.25) is 14.3 Å². The zero-order valence-electron chi connectivity index (χ0n) is 16.7. The number of aromatic nitrogens is 2. The van der Waals surface area contributed by atoms with E-state index in [9.17, 15) is 19.5 Å². The maximum atomic E-state index is 12.4. The molecule has 0 unspecified atom stereocenters. The lowest BCUT2D eigenvalue weighted by Crippen LogP contribution is -2.35. The van der Waals surface area contributed by atoms with Crippen molar-refractivity contribution in [3.8, 4) is 0 Å². The van der Waals surface area contributed by atoms with Crippen LogP contribution in [0.2, 0.25) is 0 Å². The van der Waals surface area contributed by atoms with Gasteiger partial charge in [-0.2, -0.15) is 5.10 Å². The number of aliphatic carboxylic acids is 1. The molecule has 150 valence electrons. The second-order valence-electron chi connectivity index (χ2n) is 8.12. The van der Waals surface area contributed by atoms with Gasteiger partial charge in [-0.05, 0) is 31.5 Å². The van der Waals surface area contributed by atoms with E-state index < -0.39 is 16.9 Å². The molecule has 0 aliphatic rings. The normalized spacial score (nSPS) is 11.8. The smallest absolute Gasteiger partial charge is 0.331 e. The first-order valence-corrected chi connectivity index (χ1v) is 8.88. The average molecular weight is 386 g/mol. The summed E-state index contributed by atoms with van der Waals surface area (Å²) in [6.07, 6.45) is 2.88. The minimum absolute atomic E-state index is 0.0457. The van der Waals surface area contributed by atoms with E-state index in [0.29, 0.717) is 17.8 Å². The minimum atomic E-state index is -1.22. The van der Waals surface area contributed by atoms with E-state index in [-0.39, 0.29) is 11.8 Å². The van der Waals surface area contributed by atoms with Crippen LogP contribution in [0.25, 0.3) is 0 Å². The van der Waals surface area contributed by atoms with E-state index in [2.05, 4.69) is 15.7 Å². The van der Waals surface area contributed by atoms with Crippen LogP contribution >= 0.6 is 0 Å². The number of nitrogens with zero attached hydrogens (tertiary/aromatic N) is 2. The fourth-order valence-corrected chi connectivity index (χ4v) is 2.22. The van der Waals surface area contributed by atoms with Gasteiger partial charge in [-0.25, -0.2) is 4.79 Å². The van der Waals surface area contributed by atoms with Gasteiger partial charge in [0.25, 0.3) is 5.91 Å². The van der Waals surface area contributed by atoms with E-state index in [1.54, 1.807) is 24.3 Å². The average Bonchev–Trinajstić information content (AvgIpc) is 3.08. The number of amides is 2. The van der Waals surface area contributed by atoms with Crippen molar-refractivity contribution in [2.75, 3.05) is 5.32 Å². The molecule has 8 heteroatoms. The molecule has 0 saturated heterocycles. The Bertz CT molecular complexity index is 876. The number of hydrogen-bond donors (Lipinski definition) is 3. The molecule has 1 aromatic heterocycles. The Morgan fingerprint density at radius 3 is 2.21 bits per heavy atom. The predicted octanol–water partition coefficient (Wildman–Crippen LogP) is 2.62. The Labute approximate surface area is 163 Å². The maximum absolute atomic E-state index is 12.4. The third-order valence-corrected chi connectivity index (χ3v) is 4.29. The molecule has 0 saturated carbocycles. The first kappa shape index (κ1) is 21.1.